The zero-order chi connectivity index (χ0) is 23.5. The van der Waals surface area contributed by atoms with E-state index < -0.39 is 27.7 Å². The Balaban J connectivity index is 1.76. The molecule has 3 rings (SSSR count). The van der Waals surface area contributed by atoms with Crippen molar-refractivity contribution in [3.63, 3.8) is 0 Å². The molecule has 1 N–H and O–H groups in total. The number of hydrogen-bond acceptors (Lipinski definition) is 3. The SMILES string of the molecule is CN(Cc1ccccc1)S(=O)(=O)c1ccc(C(=O)Nc2cc(C(F)(F)F)ccc2Cl)cc1. The highest BCUT2D eigenvalue weighted by atomic mass is 35.5. The molecule has 0 bridgehead atoms. The quantitative estimate of drug-likeness (QED) is 0.509. The Morgan fingerprint density at radius 3 is 2.22 bits per heavy atom. The number of amides is 1. The van der Waals surface area contributed by atoms with Crippen molar-refractivity contribution in [2.24, 2.45) is 0 Å². The molecule has 1 amide bonds. The van der Waals surface area contributed by atoms with Crippen LogP contribution in [-0.4, -0.2) is 25.7 Å². The molecular weight excluding hydrogens is 465 g/mol. The van der Waals surface area contributed by atoms with Crippen molar-refractivity contribution in [2.75, 3.05) is 12.4 Å². The third kappa shape index (κ3) is 5.48. The molecule has 0 aliphatic carbocycles. The third-order valence-corrected chi connectivity index (χ3v) is 6.76. The minimum Gasteiger partial charge on any atom is -0.321 e. The van der Waals surface area contributed by atoms with Gasteiger partial charge in [-0.3, -0.25) is 4.79 Å². The van der Waals surface area contributed by atoms with Crippen LogP contribution in [0.3, 0.4) is 0 Å². The van der Waals surface area contributed by atoms with Crippen LogP contribution in [0.15, 0.2) is 77.7 Å². The lowest BCUT2D eigenvalue weighted by Crippen LogP contribution is -2.26. The molecule has 0 saturated heterocycles. The van der Waals surface area contributed by atoms with Crippen molar-refractivity contribution in [3.05, 3.63) is 94.5 Å². The predicted molar refractivity (Wildman–Crippen MR) is 116 cm³/mol. The molecule has 0 heterocycles. The van der Waals surface area contributed by atoms with Gasteiger partial charge < -0.3 is 5.32 Å². The molecule has 0 fully saturated rings. The second-order valence-corrected chi connectivity index (χ2v) is 9.37. The summed E-state index contributed by atoms with van der Waals surface area (Å²) in [6, 6.07) is 16.7. The molecule has 0 saturated carbocycles. The second kappa shape index (κ2) is 9.32. The van der Waals surface area contributed by atoms with Gasteiger partial charge in [0, 0.05) is 19.2 Å². The maximum Gasteiger partial charge on any atom is 0.416 e. The number of nitrogens with one attached hydrogen (secondary N) is 1. The third-order valence-electron chi connectivity index (χ3n) is 4.61. The molecule has 0 aromatic heterocycles. The van der Waals surface area contributed by atoms with E-state index in [1.165, 1.54) is 35.6 Å². The van der Waals surface area contributed by atoms with Crippen LogP contribution in [0, 0.1) is 0 Å². The lowest BCUT2D eigenvalue weighted by molar-refractivity contribution is -0.137. The van der Waals surface area contributed by atoms with Crippen LogP contribution in [0.4, 0.5) is 18.9 Å². The van der Waals surface area contributed by atoms with Crippen molar-refractivity contribution in [2.45, 2.75) is 17.6 Å². The normalized spacial score (nSPS) is 12.1. The van der Waals surface area contributed by atoms with Crippen LogP contribution < -0.4 is 5.32 Å². The van der Waals surface area contributed by atoms with Crippen LogP contribution in [0.1, 0.15) is 21.5 Å². The fraction of sp³-hybridized carbons (Fsp3) is 0.136. The molecule has 0 atom stereocenters. The molecule has 168 valence electrons. The zero-order valence-corrected chi connectivity index (χ0v) is 18.3. The minimum absolute atomic E-state index is 0.0235. The molecule has 3 aromatic carbocycles. The summed E-state index contributed by atoms with van der Waals surface area (Å²) in [6.45, 7) is 0.166. The van der Waals surface area contributed by atoms with Gasteiger partial charge in [0.25, 0.3) is 5.91 Å². The maximum absolute atomic E-state index is 12.9. The number of carbonyl (C=O) groups excluding carboxylic acids is 1. The Bertz CT molecular complexity index is 1220. The van der Waals surface area contributed by atoms with E-state index in [1.807, 2.05) is 6.07 Å². The lowest BCUT2D eigenvalue weighted by atomic mass is 10.1. The van der Waals surface area contributed by atoms with Crippen LogP contribution >= 0.6 is 11.6 Å². The lowest BCUT2D eigenvalue weighted by Gasteiger charge is -2.17. The van der Waals surface area contributed by atoms with Gasteiger partial charge in [-0.15, -0.1) is 0 Å². The highest BCUT2D eigenvalue weighted by Gasteiger charge is 2.31. The van der Waals surface area contributed by atoms with Gasteiger partial charge in [0.1, 0.15) is 0 Å². The van der Waals surface area contributed by atoms with Crippen molar-refractivity contribution < 1.29 is 26.4 Å². The average molecular weight is 483 g/mol. The summed E-state index contributed by atoms with van der Waals surface area (Å²) in [5, 5.41) is 2.26. The number of sulfonamides is 1. The van der Waals surface area contributed by atoms with E-state index in [9.17, 15) is 26.4 Å². The zero-order valence-electron chi connectivity index (χ0n) is 16.7. The fourth-order valence-electron chi connectivity index (χ4n) is 2.88. The van der Waals surface area contributed by atoms with E-state index in [0.29, 0.717) is 0 Å². The van der Waals surface area contributed by atoms with E-state index in [1.54, 1.807) is 24.3 Å². The van der Waals surface area contributed by atoms with Crippen molar-refractivity contribution in [3.8, 4) is 0 Å². The summed E-state index contributed by atoms with van der Waals surface area (Å²) in [7, 11) is -2.37. The van der Waals surface area contributed by atoms with E-state index in [2.05, 4.69) is 5.32 Å². The summed E-state index contributed by atoms with van der Waals surface area (Å²) in [5.41, 5.74) is -0.290. The van der Waals surface area contributed by atoms with Crippen molar-refractivity contribution in [1.82, 2.24) is 4.31 Å². The van der Waals surface area contributed by atoms with Gasteiger partial charge >= 0.3 is 6.18 Å². The van der Waals surface area contributed by atoms with Gasteiger partial charge in [-0.05, 0) is 48.0 Å². The van der Waals surface area contributed by atoms with Crippen LogP contribution in [0.2, 0.25) is 5.02 Å². The molecule has 0 aliphatic heterocycles. The first-order valence-corrected chi connectivity index (χ1v) is 11.1. The topological polar surface area (TPSA) is 66.5 Å². The summed E-state index contributed by atoms with van der Waals surface area (Å²) in [5.74, 6) is -0.729. The molecular formula is C22H18ClF3N2O3S. The van der Waals surface area contributed by atoms with Crippen molar-refractivity contribution >= 4 is 33.2 Å². The largest absolute Gasteiger partial charge is 0.416 e. The van der Waals surface area contributed by atoms with Gasteiger partial charge in [-0.25, -0.2) is 8.42 Å². The first-order chi connectivity index (χ1) is 15.0. The van der Waals surface area contributed by atoms with Gasteiger partial charge in [-0.2, -0.15) is 17.5 Å². The summed E-state index contributed by atoms with van der Waals surface area (Å²) in [6.07, 6.45) is -4.59. The molecule has 0 unspecified atom stereocenters. The average Bonchev–Trinajstić information content (AvgIpc) is 2.75. The fourth-order valence-corrected chi connectivity index (χ4v) is 4.20. The molecule has 0 radical (unpaired) electrons. The van der Waals surface area contributed by atoms with Gasteiger partial charge in [0.05, 0.1) is 21.2 Å². The second-order valence-electron chi connectivity index (χ2n) is 6.92. The first-order valence-electron chi connectivity index (χ1n) is 9.27. The Morgan fingerprint density at radius 2 is 1.62 bits per heavy atom. The van der Waals surface area contributed by atoms with Gasteiger partial charge in [0.15, 0.2) is 0 Å². The van der Waals surface area contributed by atoms with E-state index in [0.717, 1.165) is 23.8 Å². The van der Waals surface area contributed by atoms with Crippen LogP contribution in [-0.2, 0) is 22.7 Å². The number of nitrogens with zero attached hydrogens (tertiary/aromatic N) is 1. The molecule has 32 heavy (non-hydrogen) atoms. The number of carbonyl (C=O) groups is 1. The highest BCUT2D eigenvalue weighted by molar-refractivity contribution is 7.89. The molecule has 3 aromatic rings. The maximum atomic E-state index is 12.9. The van der Waals surface area contributed by atoms with E-state index in [4.69, 9.17) is 11.6 Å². The Morgan fingerprint density at radius 1 is 1.00 bits per heavy atom. The smallest absolute Gasteiger partial charge is 0.321 e. The summed E-state index contributed by atoms with van der Waals surface area (Å²) < 4.78 is 65.5. The van der Waals surface area contributed by atoms with E-state index >= 15 is 0 Å². The predicted octanol–water partition coefficient (Wildman–Crippen LogP) is 5.43. The molecule has 0 spiro atoms. The van der Waals surface area contributed by atoms with E-state index in [-0.39, 0.29) is 27.7 Å². The molecule has 5 nitrogen and oxygen atoms in total. The Hall–Kier alpha value is -2.88. The van der Waals surface area contributed by atoms with Gasteiger partial charge in [-0.1, -0.05) is 41.9 Å². The van der Waals surface area contributed by atoms with Gasteiger partial charge in [0.2, 0.25) is 10.0 Å². The first kappa shape index (κ1) is 23.8. The Labute approximate surface area is 188 Å². The number of halogens is 4. The number of rotatable bonds is 6. The number of alkyl halides is 3. The summed E-state index contributed by atoms with van der Waals surface area (Å²) in [4.78, 5) is 12.4. The molecule has 0 aliphatic rings. The highest BCUT2D eigenvalue weighted by Crippen LogP contribution is 2.34. The minimum atomic E-state index is -4.59. The number of hydrogen-bond donors (Lipinski definition) is 1. The number of anilines is 1. The summed E-state index contributed by atoms with van der Waals surface area (Å²) >= 11 is 5.90. The Kier molecular flexibility index (Phi) is 6.92. The monoisotopic (exact) mass is 482 g/mol. The standard InChI is InChI=1S/C22H18ClF3N2O3S/c1-28(14-15-5-3-2-4-6-15)32(30,31)18-10-7-16(8-11-18)21(29)27-20-13-17(22(24,25)26)9-12-19(20)23/h2-13H,14H2,1H3,(H,27,29). The van der Waals surface area contributed by atoms with Crippen LogP contribution in [0.25, 0.3) is 0 Å². The van der Waals surface area contributed by atoms with Crippen molar-refractivity contribution in [1.29, 1.82) is 0 Å². The molecule has 10 heteroatoms. The van der Waals surface area contributed by atoms with Crippen LogP contribution in [0.5, 0.6) is 0 Å². The number of benzene rings is 3.